The van der Waals surface area contributed by atoms with Gasteiger partial charge in [-0.1, -0.05) is 27.7 Å². The fraction of sp³-hybridized carbons (Fsp3) is 1.00. The Labute approximate surface area is 190 Å². The van der Waals surface area contributed by atoms with Crippen LogP contribution in [0.4, 0.5) is 8.78 Å². The second kappa shape index (κ2) is 15.5. The quantitative estimate of drug-likeness (QED) is 0.555. The van der Waals surface area contributed by atoms with E-state index in [2.05, 4.69) is 42.5 Å². The average Bonchev–Trinajstić information content (AvgIpc) is 3.42. The van der Waals surface area contributed by atoms with E-state index in [1.54, 1.807) is 11.9 Å². The summed E-state index contributed by atoms with van der Waals surface area (Å²) in [6.45, 7) is 18.0. The summed E-state index contributed by atoms with van der Waals surface area (Å²) >= 11 is 0. The summed E-state index contributed by atoms with van der Waals surface area (Å²) in [5.41, 5.74) is 0.326. The van der Waals surface area contributed by atoms with Crippen molar-refractivity contribution in [3.05, 3.63) is 0 Å². The predicted octanol–water partition coefficient (Wildman–Crippen LogP) is 3.80. The van der Waals surface area contributed by atoms with Crippen molar-refractivity contribution < 1.29 is 23.0 Å². The molecular weight excluding hydrogens is 404 g/mol. The molecule has 0 N–H and O–H groups in total. The van der Waals surface area contributed by atoms with Crippen LogP contribution in [0.2, 0.25) is 0 Å². The Kier molecular flexibility index (Phi) is 15.3. The summed E-state index contributed by atoms with van der Waals surface area (Å²) in [4.78, 5) is 6.21. The van der Waals surface area contributed by atoms with E-state index in [9.17, 15) is 8.78 Å². The average molecular weight is 454 g/mol. The van der Waals surface area contributed by atoms with Crippen LogP contribution in [0.15, 0.2) is 0 Å². The molecule has 1 spiro atoms. The maximum absolute atomic E-state index is 12.2. The molecule has 4 fully saturated rings. The van der Waals surface area contributed by atoms with Crippen molar-refractivity contribution in [1.29, 1.82) is 0 Å². The molecule has 8 heteroatoms. The van der Waals surface area contributed by atoms with E-state index in [1.165, 1.54) is 12.8 Å². The summed E-state index contributed by atoms with van der Waals surface area (Å²) in [7, 11) is 5.95. The third kappa shape index (κ3) is 13.7. The van der Waals surface area contributed by atoms with E-state index in [0.29, 0.717) is 24.4 Å². The Morgan fingerprint density at radius 3 is 1.45 bits per heavy atom. The number of hydrogen-bond acceptors (Lipinski definition) is 6. The van der Waals surface area contributed by atoms with Gasteiger partial charge < -0.3 is 24.0 Å². The van der Waals surface area contributed by atoms with E-state index < -0.39 is 6.11 Å². The lowest BCUT2D eigenvalue weighted by molar-refractivity contribution is -0.267. The fourth-order valence-corrected chi connectivity index (χ4v) is 3.70. The van der Waals surface area contributed by atoms with Gasteiger partial charge in [-0.2, -0.15) is 8.78 Å². The number of ether oxygens (including phenoxy) is 3. The van der Waals surface area contributed by atoms with Gasteiger partial charge >= 0.3 is 6.11 Å². The van der Waals surface area contributed by atoms with Crippen molar-refractivity contribution in [3.63, 3.8) is 0 Å². The van der Waals surface area contributed by atoms with Crippen LogP contribution < -0.4 is 0 Å². The van der Waals surface area contributed by atoms with Gasteiger partial charge in [0.1, 0.15) is 0 Å². The van der Waals surface area contributed by atoms with Crippen LogP contribution >= 0.6 is 0 Å². The van der Waals surface area contributed by atoms with Gasteiger partial charge in [-0.05, 0) is 47.8 Å². The van der Waals surface area contributed by atoms with Crippen molar-refractivity contribution in [3.8, 4) is 0 Å². The topological polar surface area (TPSA) is 37.4 Å². The zero-order valence-electron chi connectivity index (χ0n) is 21.5. The van der Waals surface area contributed by atoms with Crippen LogP contribution in [0.1, 0.15) is 54.4 Å². The van der Waals surface area contributed by atoms with Crippen molar-refractivity contribution in [2.45, 2.75) is 78.3 Å². The first kappa shape index (κ1) is 30.6. The number of nitrogens with zero attached hydrogens (tertiary/aromatic N) is 3. The fourth-order valence-electron chi connectivity index (χ4n) is 3.70. The first-order valence-electron chi connectivity index (χ1n) is 12.0. The maximum atomic E-state index is 12.2. The maximum Gasteiger partial charge on any atom is 0.368 e. The number of morpholine rings is 3. The van der Waals surface area contributed by atoms with Crippen LogP contribution in [0.3, 0.4) is 0 Å². The second-order valence-electron chi connectivity index (χ2n) is 8.47. The van der Waals surface area contributed by atoms with Crippen LogP contribution in [0, 0.1) is 0 Å². The molecule has 31 heavy (non-hydrogen) atoms. The minimum atomic E-state index is -2.92. The summed E-state index contributed by atoms with van der Waals surface area (Å²) in [5.74, 6) is 0. The van der Waals surface area contributed by atoms with Gasteiger partial charge in [0.05, 0.1) is 37.6 Å². The van der Waals surface area contributed by atoms with Gasteiger partial charge in [0.2, 0.25) is 0 Å². The second-order valence-corrected chi connectivity index (χ2v) is 8.47. The Morgan fingerprint density at radius 2 is 1.16 bits per heavy atom. The molecule has 4 rings (SSSR count). The Morgan fingerprint density at radius 1 is 0.710 bits per heavy atom. The van der Waals surface area contributed by atoms with E-state index in [0.717, 1.165) is 32.8 Å². The van der Waals surface area contributed by atoms with E-state index >= 15 is 0 Å². The van der Waals surface area contributed by atoms with E-state index in [-0.39, 0.29) is 13.2 Å². The molecule has 188 valence electrons. The van der Waals surface area contributed by atoms with Gasteiger partial charge in [-0.3, -0.25) is 4.90 Å². The molecule has 4 aliphatic rings. The van der Waals surface area contributed by atoms with Crippen LogP contribution in [0.25, 0.3) is 0 Å². The minimum absolute atomic E-state index is 0.128. The van der Waals surface area contributed by atoms with Crippen LogP contribution in [-0.4, -0.2) is 112 Å². The molecule has 3 saturated heterocycles. The molecule has 0 aromatic heterocycles. The molecule has 3 aliphatic heterocycles. The molecule has 0 aromatic carbocycles. The Bertz CT molecular complexity index is 413. The van der Waals surface area contributed by atoms with Crippen molar-refractivity contribution >= 4 is 0 Å². The zero-order chi connectivity index (χ0) is 24.1. The third-order valence-corrected chi connectivity index (χ3v) is 5.09. The normalized spacial score (nSPS) is 29.5. The molecule has 1 saturated carbocycles. The number of rotatable bonds is 0. The zero-order valence-corrected chi connectivity index (χ0v) is 21.5. The monoisotopic (exact) mass is 453 g/mol. The van der Waals surface area contributed by atoms with Gasteiger partial charge in [0.15, 0.2) is 0 Å². The Balaban J connectivity index is 0.000000403. The number of halogens is 2. The highest BCUT2D eigenvalue weighted by molar-refractivity contribution is 4.99. The molecule has 3 heterocycles. The number of alkyl halides is 2. The SMILES string of the molecule is CC.CC.CC1CN(C)CC(C)O1.CN1CCOC(F)(F)C1.CN1CCOC2(CC2)C1. The standard InChI is InChI=1S/C7H13NO.C7H15NO.C5H9F2NO.2C2H6/c1-8-4-5-9-7(6-8)2-3-7;1-6-4-8(3)5-7(2)9-6;1-8-2-3-9-5(6,7)4-8;2*1-2/h2-6H2,1H3;6-7H,4-5H2,1-3H3;2-4H2,1H3;2*1-2H3. The Hall–Kier alpha value is -0.380. The first-order chi connectivity index (χ1) is 14.6. The van der Waals surface area contributed by atoms with Gasteiger partial charge in [0.25, 0.3) is 0 Å². The van der Waals surface area contributed by atoms with E-state index in [4.69, 9.17) is 9.47 Å². The lowest BCUT2D eigenvalue weighted by Crippen LogP contribution is -2.44. The molecule has 6 nitrogen and oxygen atoms in total. The third-order valence-electron chi connectivity index (χ3n) is 5.09. The van der Waals surface area contributed by atoms with Gasteiger partial charge in [0, 0.05) is 32.7 Å². The van der Waals surface area contributed by atoms with Crippen LogP contribution in [-0.2, 0) is 14.2 Å². The smallest absolute Gasteiger partial charge is 0.368 e. The predicted molar refractivity (Wildman–Crippen MR) is 124 cm³/mol. The highest BCUT2D eigenvalue weighted by atomic mass is 19.3. The largest absolute Gasteiger partial charge is 0.373 e. The van der Waals surface area contributed by atoms with Gasteiger partial charge in [-0.15, -0.1) is 0 Å². The summed E-state index contributed by atoms with van der Waals surface area (Å²) in [6.07, 6.45) is 0.485. The molecular formula is C23H49F2N3O3. The first-order valence-corrected chi connectivity index (χ1v) is 12.0. The summed E-state index contributed by atoms with van der Waals surface area (Å²) in [5, 5.41) is 0. The van der Waals surface area contributed by atoms with Crippen molar-refractivity contribution in [2.75, 3.05) is 73.6 Å². The molecule has 0 aromatic rings. The summed E-state index contributed by atoms with van der Waals surface area (Å²) in [6, 6.07) is 0. The molecule has 1 aliphatic carbocycles. The summed E-state index contributed by atoms with van der Waals surface area (Å²) < 4.78 is 39.7. The highest BCUT2D eigenvalue weighted by Crippen LogP contribution is 2.41. The highest BCUT2D eigenvalue weighted by Gasteiger charge is 2.46. The number of likely N-dealkylation sites (N-methyl/N-ethyl adjacent to an activating group) is 3. The lowest BCUT2D eigenvalue weighted by atomic mass is 10.2. The van der Waals surface area contributed by atoms with Gasteiger partial charge in [-0.25, -0.2) is 0 Å². The minimum Gasteiger partial charge on any atom is -0.373 e. The van der Waals surface area contributed by atoms with Crippen molar-refractivity contribution in [2.24, 2.45) is 0 Å². The lowest BCUT2D eigenvalue weighted by Gasteiger charge is -2.32. The molecule has 0 amide bonds. The molecule has 0 bridgehead atoms. The molecule has 2 unspecified atom stereocenters. The molecule has 0 radical (unpaired) electrons. The van der Waals surface area contributed by atoms with Crippen LogP contribution in [0.5, 0.6) is 0 Å². The van der Waals surface area contributed by atoms with E-state index in [1.807, 2.05) is 27.7 Å². The number of hydrogen-bond donors (Lipinski definition) is 0. The van der Waals surface area contributed by atoms with Crippen molar-refractivity contribution in [1.82, 2.24) is 14.7 Å². The molecule has 2 atom stereocenters.